The van der Waals surface area contributed by atoms with E-state index in [2.05, 4.69) is 25.3 Å². The third-order valence-electron chi connectivity index (χ3n) is 5.61. The van der Waals surface area contributed by atoms with Crippen LogP contribution in [-0.4, -0.2) is 59.3 Å². The van der Waals surface area contributed by atoms with Gasteiger partial charge in [-0.2, -0.15) is 5.10 Å². The molecule has 0 bridgehead atoms. The zero-order valence-corrected chi connectivity index (χ0v) is 18.7. The fourth-order valence-corrected chi connectivity index (χ4v) is 3.75. The van der Waals surface area contributed by atoms with Gasteiger partial charge in [0.15, 0.2) is 5.82 Å². The normalized spacial score (nSPS) is 15.2. The van der Waals surface area contributed by atoms with Crippen LogP contribution >= 0.6 is 0 Å². The Kier molecular flexibility index (Phi) is 6.89. The van der Waals surface area contributed by atoms with Crippen molar-refractivity contribution in [2.24, 2.45) is 0 Å². The van der Waals surface area contributed by atoms with Crippen LogP contribution in [0.1, 0.15) is 24.1 Å². The second kappa shape index (κ2) is 10.2. The maximum atomic E-state index is 12.6. The number of allylic oxidation sites excluding steroid dienone is 1. The summed E-state index contributed by atoms with van der Waals surface area (Å²) in [5, 5.41) is 15.0. The fourth-order valence-electron chi connectivity index (χ4n) is 3.75. The summed E-state index contributed by atoms with van der Waals surface area (Å²) in [6.45, 7) is 5.04. The van der Waals surface area contributed by atoms with Gasteiger partial charge in [0.25, 0.3) is 0 Å². The Morgan fingerprint density at radius 2 is 1.97 bits per heavy atom. The van der Waals surface area contributed by atoms with Crippen molar-refractivity contribution in [3.8, 4) is 11.4 Å². The average Bonchev–Trinajstić information content (AvgIpc) is 2.88. The van der Waals surface area contributed by atoms with Crippen LogP contribution in [0.2, 0.25) is 0 Å². The molecule has 1 aliphatic heterocycles. The highest BCUT2D eigenvalue weighted by Gasteiger charge is 2.17. The zero-order valence-electron chi connectivity index (χ0n) is 18.7. The van der Waals surface area contributed by atoms with E-state index in [1.165, 1.54) is 17.0 Å². The van der Waals surface area contributed by atoms with Gasteiger partial charge in [-0.05, 0) is 11.6 Å². The van der Waals surface area contributed by atoms with Crippen LogP contribution in [0.15, 0.2) is 59.9 Å². The van der Waals surface area contributed by atoms with Crippen molar-refractivity contribution in [3.05, 3.63) is 76.6 Å². The van der Waals surface area contributed by atoms with E-state index in [0.29, 0.717) is 30.4 Å². The lowest BCUT2D eigenvalue weighted by Crippen LogP contribution is -2.36. The largest absolute Gasteiger partial charge is 0.392 e. The molecule has 0 amide bonds. The van der Waals surface area contributed by atoms with E-state index in [1.807, 2.05) is 43.6 Å². The number of aromatic nitrogens is 4. The van der Waals surface area contributed by atoms with Crippen LogP contribution in [-0.2, 0) is 4.74 Å². The first-order valence-electron chi connectivity index (χ1n) is 10.8. The molecule has 1 fully saturated rings. The number of hydrogen-bond acceptors (Lipinski definition) is 8. The van der Waals surface area contributed by atoms with Crippen LogP contribution in [0.5, 0.6) is 0 Å². The van der Waals surface area contributed by atoms with Gasteiger partial charge in [0.05, 0.1) is 37.0 Å². The summed E-state index contributed by atoms with van der Waals surface area (Å²) >= 11 is 0. The monoisotopic (exact) mass is 445 g/mol. The molecule has 0 spiro atoms. The minimum absolute atomic E-state index is 0.149. The first kappa shape index (κ1) is 22.3. The molecular formula is C24H27N7O2. The molecule has 33 heavy (non-hydrogen) atoms. The molecule has 4 rings (SSSR count). The summed E-state index contributed by atoms with van der Waals surface area (Å²) in [6, 6.07) is 9.33. The second-order valence-electron chi connectivity index (χ2n) is 7.72. The second-order valence-corrected chi connectivity index (χ2v) is 7.72. The van der Waals surface area contributed by atoms with Crippen molar-refractivity contribution in [3.63, 3.8) is 0 Å². The predicted molar refractivity (Wildman–Crippen MR) is 129 cm³/mol. The summed E-state index contributed by atoms with van der Waals surface area (Å²) in [7, 11) is 1.75. The van der Waals surface area contributed by atoms with E-state index in [9.17, 15) is 4.79 Å². The van der Waals surface area contributed by atoms with Gasteiger partial charge in [-0.25, -0.2) is 14.6 Å². The maximum Gasteiger partial charge on any atom is 0.203 e. The molecule has 3 heterocycles. The van der Waals surface area contributed by atoms with Gasteiger partial charge in [-0.15, -0.1) is 0 Å². The Labute approximate surface area is 192 Å². The van der Waals surface area contributed by atoms with Crippen molar-refractivity contribution >= 4 is 17.6 Å². The molecule has 170 valence electrons. The van der Waals surface area contributed by atoms with E-state index < -0.39 is 0 Å². The lowest BCUT2D eigenvalue weighted by Gasteiger charge is -2.28. The fraction of sp³-hybridized carbons (Fsp3) is 0.292. The highest BCUT2D eigenvalue weighted by molar-refractivity contribution is 5.99. The van der Waals surface area contributed by atoms with Crippen LogP contribution in [0.4, 0.5) is 5.69 Å². The number of ether oxygens (including phenoxy) is 1. The van der Waals surface area contributed by atoms with Gasteiger partial charge in [-0.3, -0.25) is 4.79 Å². The topological polar surface area (TPSA) is 109 Å². The molecule has 0 radical (unpaired) electrons. The third-order valence-corrected chi connectivity index (χ3v) is 5.61. The standard InChI is InChI=1S/C24H27N7O2/c1-17(23-22(32)6-7-31(29-23)20(13-25)14-26-2)18-4-3-5-19(12-18)24-27-15-21(16-28-24)30-8-10-33-11-9-30/h3-7,12-17,25-26H,8-11H2,1-2H3/b20-14+,25-13?. The van der Waals surface area contributed by atoms with Crippen molar-refractivity contribution in [1.82, 2.24) is 25.1 Å². The van der Waals surface area contributed by atoms with E-state index in [1.54, 1.807) is 19.4 Å². The quantitative estimate of drug-likeness (QED) is 0.537. The molecule has 0 aliphatic carbocycles. The number of hydrogen-bond donors (Lipinski definition) is 2. The highest BCUT2D eigenvalue weighted by Crippen LogP contribution is 2.25. The molecule has 1 saturated heterocycles. The molecule has 1 aliphatic rings. The predicted octanol–water partition coefficient (Wildman–Crippen LogP) is 2.36. The lowest BCUT2D eigenvalue weighted by molar-refractivity contribution is 0.122. The van der Waals surface area contributed by atoms with E-state index >= 15 is 0 Å². The van der Waals surface area contributed by atoms with Crippen LogP contribution < -0.4 is 15.6 Å². The molecule has 3 aromatic rings. The Balaban J connectivity index is 1.61. The molecule has 1 unspecified atom stereocenters. The molecule has 1 atom stereocenters. The van der Waals surface area contributed by atoms with Gasteiger partial charge < -0.3 is 20.4 Å². The van der Waals surface area contributed by atoms with Gasteiger partial charge >= 0.3 is 0 Å². The highest BCUT2D eigenvalue weighted by atomic mass is 16.5. The SMILES string of the molecule is CN/C=C(\C=N)n1ccc(=O)c(C(C)c2cccc(-c3ncc(N4CCOCC4)cn3)c2)n1. The Hall–Kier alpha value is -3.85. The molecule has 2 N–H and O–H groups in total. The summed E-state index contributed by atoms with van der Waals surface area (Å²) in [4.78, 5) is 23.9. The Bertz CT molecular complexity index is 1200. The van der Waals surface area contributed by atoms with Crippen molar-refractivity contribution in [2.45, 2.75) is 12.8 Å². The number of anilines is 1. The van der Waals surface area contributed by atoms with Crippen LogP contribution in [0, 0.1) is 5.41 Å². The molecule has 9 nitrogen and oxygen atoms in total. The van der Waals surface area contributed by atoms with Crippen molar-refractivity contribution in [2.75, 3.05) is 38.3 Å². The average molecular weight is 446 g/mol. The lowest BCUT2D eigenvalue weighted by atomic mass is 9.95. The van der Waals surface area contributed by atoms with Crippen LogP contribution in [0.25, 0.3) is 17.1 Å². The molecule has 0 saturated carbocycles. The maximum absolute atomic E-state index is 12.6. The van der Waals surface area contributed by atoms with Gasteiger partial charge in [0, 0.05) is 56.3 Å². The molecule has 9 heteroatoms. The van der Waals surface area contributed by atoms with E-state index in [0.717, 1.165) is 29.9 Å². The summed E-state index contributed by atoms with van der Waals surface area (Å²) in [5.41, 5.74) is 3.57. The summed E-state index contributed by atoms with van der Waals surface area (Å²) in [5.74, 6) is 0.377. The number of rotatable bonds is 7. The molecule has 2 aromatic heterocycles. The van der Waals surface area contributed by atoms with Crippen LogP contribution in [0.3, 0.4) is 0 Å². The van der Waals surface area contributed by atoms with Gasteiger partial charge in [0.2, 0.25) is 5.43 Å². The Morgan fingerprint density at radius 3 is 2.67 bits per heavy atom. The number of benzene rings is 1. The van der Waals surface area contributed by atoms with Gasteiger partial charge in [-0.1, -0.05) is 25.1 Å². The minimum atomic E-state index is -0.251. The number of morpholine rings is 1. The van der Waals surface area contributed by atoms with E-state index in [-0.39, 0.29) is 11.3 Å². The number of nitrogens with one attached hydrogen (secondary N) is 2. The first-order chi connectivity index (χ1) is 16.1. The molecule has 1 aromatic carbocycles. The number of nitrogens with zero attached hydrogens (tertiary/aromatic N) is 5. The van der Waals surface area contributed by atoms with Crippen molar-refractivity contribution in [1.29, 1.82) is 5.41 Å². The summed E-state index contributed by atoms with van der Waals surface area (Å²) < 4.78 is 6.93. The van der Waals surface area contributed by atoms with Crippen molar-refractivity contribution < 1.29 is 4.74 Å². The Morgan fingerprint density at radius 1 is 1.21 bits per heavy atom. The first-order valence-corrected chi connectivity index (χ1v) is 10.8. The molecular weight excluding hydrogens is 418 g/mol. The minimum Gasteiger partial charge on any atom is -0.392 e. The zero-order chi connectivity index (χ0) is 23.2. The smallest absolute Gasteiger partial charge is 0.203 e. The third kappa shape index (κ3) is 4.98. The van der Waals surface area contributed by atoms with Gasteiger partial charge in [0.1, 0.15) is 5.69 Å². The summed E-state index contributed by atoms with van der Waals surface area (Å²) in [6.07, 6.45) is 8.08. The van der Waals surface area contributed by atoms with E-state index in [4.69, 9.17) is 10.1 Å².